The lowest BCUT2D eigenvalue weighted by molar-refractivity contribution is 0.509. The van der Waals surface area contributed by atoms with Crippen molar-refractivity contribution >= 4 is 17.0 Å². The van der Waals surface area contributed by atoms with Gasteiger partial charge < -0.3 is 4.90 Å². The number of nitrogens with zero attached hydrogens (tertiary/aromatic N) is 2. The maximum absolute atomic E-state index is 14.0. The third kappa shape index (κ3) is 2.22. The van der Waals surface area contributed by atoms with E-state index in [0.717, 1.165) is 0 Å². The molecule has 2 rings (SSSR count). The van der Waals surface area contributed by atoms with Crippen molar-refractivity contribution in [3.8, 4) is 11.3 Å². The van der Waals surface area contributed by atoms with Crippen LogP contribution in [0.5, 0.6) is 0 Å². The van der Waals surface area contributed by atoms with Crippen LogP contribution in [0.1, 0.15) is 13.8 Å². The average molecular weight is 267 g/mol. The molecule has 0 aliphatic carbocycles. The summed E-state index contributed by atoms with van der Waals surface area (Å²) in [5, 5.41) is 1.65. The average Bonchev–Trinajstić information content (AvgIpc) is 2.89. The van der Waals surface area contributed by atoms with E-state index < -0.39 is 11.6 Å². The second kappa shape index (κ2) is 5.44. The van der Waals surface area contributed by atoms with Crippen molar-refractivity contribution in [2.45, 2.75) is 13.8 Å². The molecule has 1 radical (unpaired) electrons. The fourth-order valence-corrected chi connectivity index (χ4v) is 2.35. The first kappa shape index (κ1) is 13.0. The summed E-state index contributed by atoms with van der Waals surface area (Å²) in [4.78, 5) is 5.65. The Morgan fingerprint density at radius 3 is 2.50 bits per heavy atom. The summed E-state index contributed by atoms with van der Waals surface area (Å²) < 4.78 is 28.0. The number of aromatic nitrogens is 1. The van der Waals surface area contributed by atoms with Gasteiger partial charge in [-0.15, -0.1) is 11.3 Å². The first-order valence-corrected chi connectivity index (χ1v) is 6.61. The second-order valence-corrected chi connectivity index (χ2v) is 4.41. The molecular formula is C13H13F2N2S. The minimum atomic E-state index is -0.848. The van der Waals surface area contributed by atoms with Gasteiger partial charge in [-0.05, 0) is 26.0 Å². The Kier molecular flexibility index (Phi) is 3.91. The zero-order valence-corrected chi connectivity index (χ0v) is 11.0. The molecule has 0 fully saturated rings. The lowest BCUT2D eigenvalue weighted by Gasteiger charge is -2.22. The van der Waals surface area contributed by atoms with Gasteiger partial charge in [-0.1, -0.05) is 0 Å². The summed E-state index contributed by atoms with van der Waals surface area (Å²) in [6, 6.07) is 3.16. The molecule has 0 atom stereocenters. The predicted molar refractivity (Wildman–Crippen MR) is 69.9 cm³/mol. The van der Waals surface area contributed by atoms with Crippen LogP contribution in [0.2, 0.25) is 0 Å². The molecule has 0 aliphatic rings. The molecule has 5 heteroatoms. The van der Waals surface area contributed by atoms with Crippen LogP contribution in [0.4, 0.5) is 14.5 Å². The summed E-state index contributed by atoms with van der Waals surface area (Å²) in [7, 11) is 0. The Morgan fingerprint density at radius 2 is 1.94 bits per heavy atom. The molecule has 0 saturated heterocycles. The number of benzene rings is 1. The fourth-order valence-electron chi connectivity index (χ4n) is 1.85. The number of rotatable bonds is 4. The van der Waals surface area contributed by atoms with Crippen LogP contribution in [-0.4, -0.2) is 18.1 Å². The Labute approximate surface area is 109 Å². The van der Waals surface area contributed by atoms with Gasteiger partial charge in [0, 0.05) is 24.0 Å². The fraction of sp³-hybridized carbons (Fsp3) is 0.308. The lowest BCUT2D eigenvalue weighted by Crippen LogP contribution is -2.23. The molecule has 0 aliphatic heterocycles. The number of anilines is 1. The molecule has 2 aromatic rings. The van der Waals surface area contributed by atoms with Gasteiger partial charge in [0.25, 0.3) is 0 Å². The van der Waals surface area contributed by atoms with E-state index in [2.05, 4.69) is 10.5 Å². The second-order valence-electron chi connectivity index (χ2n) is 3.76. The van der Waals surface area contributed by atoms with E-state index in [-0.39, 0.29) is 5.56 Å². The summed E-state index contributed by atoms with van der Waals surface area (Å²) in [6.45, 7) is 5.08. The normalized spacial score (nSPS) is 10.7. The third-order valence-corrected chi connectivity index (χ3v) is 3.37. The third-order valence-electron chi connectivity index (χ3n) is 2.83. The molecule has 1 heterocycles. The quantitative estimate of drug-likeness (QED) is 0.839. The Bertz CT molecular complexity index is 522. The first-order valence-electron chi connectivity index (χ1n) is 5.73. The molecular weight excluding hydrogens is 254 g/mol. The van der Waals surface area contributed by atoms with Crippen molar-refractivity contribution in [2.24, 2.45) is 0 Å². The highest BCUT2D eigenvalue weighted by Gasteiger charge is 2.18. The van der Waals surface area contributed by atoms with Gasteiger partial charge >= 0.3 is 0 Å². The number of halogens is 2. The summed E-state index contributed by atoms with van der Waals surface area (Å²) in [5.41, 5.74) is 3.52. The van der Waals surface area contributed by atoms with E-state index in [1.807, 2.05) is 13.8 Å². The van der Waals surface area contributed by atoms with Gasteiger partial charge in [0.15, 0.2) is 17.1 Å². The van der Waals surface area contributed by atoms with E-state index in [4.69, 9.17) is 0 Å². The van der Waals surface area contributed by atoms with E-state index in [9.17, 15) is 8.78 Å². The topological polar surface area (TPSA) is 16.1 Å². The first-order chi connectivity index (χ1) is 8.69. The van der Waals surface area contributed by atoms with Gasteiger partial charge in [0.1, 0.15) is 0 Å². The standard InChI is InChI=1S/C13H13F2N2S/c1-3-17(4-2)11-6-5-9(12(14)13(11)15)10-7-18-8-16-10/h5-7H,3-4H2,1-2H3. The molecule has 18 heavy (non-hydrogen) atoms. The molecule has 0 unspecified atom stereocenters. The van der Waals surface area contributed by atoms with Gasteiger partial charge in [-0.2, -0.15) is 0 Å². The minimum Gasteiger partial charge on any atom is -0.370 e. The number of thiazole rings is 1. The number of hydrogen-bond donors (Lipinski definition) is 0. The predicted octanol–water partition coefficient (Wildman–Crippen LogP) is 3.73. The van der Waals surface area contributed by atoms with Gasteiger partial charge in [0.05, 0.1) is 11.4 Å². The number of hydrogen-bond acceptors (Lipinski definition) is 3. The Hall–Kier alpha value is -1.49. The molecule has 2 nitrogen and oxygen atoms in total. The summed E-state index contributed by atoms with van der Waals surface area (Å²) in [6.07, 6.45) is 0. The monoisotopic (exact) mass is 267 g/mol. The van der Waals surface area contributed by atoms with Crippen LogP contribution in [0.3, 0.4) is 0 Å². The van der Waals surface area contributed by atoms with Crippen LogP contribution >= 0.6 is 11.3 Å². The highest BCUT2D eigenvalue weighted by molar-refractivity contribution is 7.07. The van der Waals surface area contributed by atoms with Crippen molar-refractivity contribution in [1.29, 1.82) is 0 Å². The highest BCUT2D eigenvalue weighted by atomic mass is 32.1. The Balaban J connectivity index is 2.48. The van der Waals surface area contributed by atoms with Gasteiger partial charge in [0.2, 0.25) is 0 Å². The highest BCUT2D eigenvalue weighted by Crippen LogP contribution is 2.30. The molecule has 0 saturated carbocycles. The SMILES string of the molecule is CCN(CC)c1ccc(-c2cs[c]n2)c(F)c1F. The van der Waals surface area contributed by atoms with Crippen molar-refractivity contribution in [2.75, 3.05) is 18.0 Å². The van der Waals surface area contributed by atoms with Crippen LogP contribution in [0.15, 0.2) is 17.5 Å². The van der Waals surface area contributed by atoms with Crippen LogP contribution in [-0.2, 0) is 0 Å². The molecule has 0 N–H and O–H groups in total. The zero-order valence-electron chi connectivity index (χ0n) is 10.2. The molecule has 0 bridgehead atoms. The largest absolute Gasteiger partial charge is 0.370 e. The Morgan fingerprint density at radius 1 is 1.22 bits per heavy atom. The summed E-state index contributed by atoms with van der Waals surface area (Å²) in [5.74, 6) is -1.66. The van der Waals surface area contributed by atoms with Crippen LogP contribution < -0.4 is 4.90 Å². The van der Waals surface area contributed by atoms with E-state index >= 15 is 0 Å². The van der Waals surface area contributed by atoms with Crippen LogP contribution in [0.25, 0.3) is 11.3 Å². The van der Waals surface area contributed by atoms with Crippen molar-refractivity contribution in [3.63, 3.8) is 0 Å². The minimum absolute atomic E-state index is 0.181. The molecule has 1 aromatic heterocycles. The van der Waals surface area contributed by atoms with Crippen molar-refractivity contribution < 1.29 is 8.78 Å². The van der Waals surface area contributed by atoms with Crippen molar-refractivity contribution in [1.82, 2.24) is 4.98 Å². The maximum atomic E-state index is 14.0. The smallest absolute Gasteiger partial charge is 0.182 e. The van der Waals surface area contributed by atoms with Crippen molar-refractivity contribution in [3.05, 3.63) is 34.7 Å². The van der Waals surface area contributed by atoms with Gasteiger partial charge in [-0.3, -0.25) is 0 Å². The zero-order chi connectivity index (χ0) is 13.1. The van der Waals surface area contributed by atoms with Crippen LogP contribution in [0, 0.1) is 17.1 Å². The van der Waals surface area contributed by atoms with Gasteiger partial charge in [-0.25, -0.2) is 13.8 Å². The van der Waals surface area contributed by atoms with E-state index in [1.165, 1.54) is 11.3 Å². The molecule has 1 aromatic carbocycles. The maximum Gasteiger partial charge on any atom is 0.182 e. The molecule has 95 valence electrons. The molecule has 0 spiro atoms. The van der Waals surface area contributed by atoms with E-state index in [0.29, 0.717) is 24.5 Å². The van der Waals surface area contributed by atoms with E-state index in [1.54, 1.807) is 22.4 Å². The molecule has 0 amide bonds. The summed E-state index contributed by atoms with van der Waals surface area (Å²) >= 11 is 1.23. The lowest BCUT2D eigenvalue weighted by atomic mass is 10.1.